The number of aliphatic hydroxyl groups excluding tert-OH is 1. The normalized spacial score (nSPS) is 12.6. The molecule has 1 unspecified atom stereocenters. The number of halogens is 5. The summed E-state index contributed by atoms with van der Waals surface area (Å²) >= 11 is 2.78. The standard InChI is InChI=1S/C14H9BrF4O/c1-6-2-3-9(16)12(13(6)19)14(20)7-4-11(18)8(15)5-10(7)17/h2-5,14,20H,1H3. The highest BCUT2D eigenvalue weighted by Crippen LogP contribution is 2.32. The van der Waals surface area contributed by atoms with Gasteiger partial charge in [0.2, 0.25) is 0 Å². The fraction of sp³-hybridized carbons (Fsp3) is 0.143. The van der Waals surface area contributed by atoms with Crippen molar-refractivity contribution in [3.63, 3.8) is 0 Å². The maximum absolute atomic E-state index is 13.9. The van der Waals surface area contributed by atoms with Crippen molar-refractivity contribution in [1.29, 1.82) is 0 Å². The van der Waals surface area contributed by atoms with E-state index in [-0.39, 0.29) is 10.0 Å². The molecule has 2 aromatic rings. The zero-order chi connectivity index (χ0) is 15.0. The zero-order valence-corrected chi connectivity index (χ0v) is 11.8. The maximum atomic E-state index is 13.9. The monoisotopic (exact) mass is 348 g/mol. The van der Waals surface area contributed by atoms with Crippen LogP contribution in [-0.2, 0) is 0 Å². The molecule has 0 radical (unpaired) electrons. The van der Waals surface area contributed by atoms with Crippen molar-refractivity contribution in [2.24, 2.45) is 0 Å². The van der Waals surface area contributed by atoms with E-state index in [1.807, 2.05) is 0 Å². The summed E-state index contributed by atoms with van der Waals surface area (Å²) in [5.74, 6) is -3.82. The lowest BCUT2D eigenvalue weighted by atomic mass is 9.98. The van der Waals surface area contributed by atoms with Crippen molar-refractivity contribution in [2.75, 3.05) is 0 Å². The Hall–Kier alpha value is -1.40. The van der Waals surface area contributed by atoms with Crippen molar-refractivity contribution < 1.29 is 22.7 Å². The molecule has 0 aliphatic rings. The molecular weight excluding hydrogens is 340 g/mol. The van der Waals surface area contributed by atoms with Gasteiger partial charge in [0.05, 0.1) is 10.0 Å². The van der Waals surface area contributed by atoms with Crippen LogP contribution in [0.5, 0.6) is 0 Å². The molecule has 0 heterocycles. The highest BCUT2D eigenvalue weighted by Gasteiger charge is 2.24. The van der Waals surface area contributed by atoms with Crippen LogP contribution < -0.4 is 0 Å². The highest BCUT2D eigenvalue weighted by atomic mass is 79.9. The summed E-state index contributed by atoms with van der Waals surface area (Å²) < 4.78 is 54.5. The third kappa shape index (κ3) is 2.58. The first-order valence-electron chi connectivity index (χ1n) is 5.60. The predicted molar refractivity (Wildman–Crippen MR) is 69.2 cm³/mol. The number of rotatable bonds is 2. The van der Waals surface area contributed by atoms with Crippen LogP contribution in [0.25, 0.3) is 0 Å². The van der Waals surface area contributed by atoms with Crippen molar-refractivity contribution in [1.82, 2.24) is 0 Å². The minimum atomic E-state index is -1.93. The summed E-state index contributed by atoms with van der Waals surface area (Å²) in [6.45, 7) is 1.38. The lowest BCUT2D eigenvalue weighted by Crippen LogP contribution is -2.09. The lowest BCUT2D eigenvalue weighted by Gasteiger charge is -2.15. The smallest absolute Gasteiger partial charge is 0.137 e. The third-order valence-electron chi connectivity index (χ3n) is 2.93. The molecule has 2 rings (SSSR count). The van der Waals surface area contributed by atoms with Crippen LogP contribution in [0.4, 0.5) is 17.6 Å². The van der Waals surface area contributed by atoms with Crippen molar-refractivity contribution in [2.45, 2.75) is 13.0 Å². The second kappa shape index (κ2) is 5.54. The Morgan fingerprint density at radius 3 is 2.30 bits per heavy atom. The molecule has 106 valence electrons. The topological polar surface area (TPSA) is 20.2 Å². The Morgan fingerprint density at radius 2 is 1.65 bits per heavy atom. The van der Waals surface area contributed by atoms with E-state index in [0.717, 1.165) is 12.1 Å². The van der Waals surface area contributed by atoms with Gasteiger partial charge in [0.25, 0.3) is 0 Å². The van der Waals surface area contributed by atoms with Crippen molar-refractivity contribution in [3.05, 3.63) is 68.7 Å². The molecule has 2 aromatic carbocycles. The molecule has 1 N–H and O–H groups in total. The Kier molecular flexibility index (Phi) is 4.15. The second-order valence-electron chi connectivity index (χ2n) is 4.28. The third-order valence-corrected chi connectivity index (χ3v) is 3.53. The van der Waals surface area contributed by atoms with Gasteiger partial charge in [-0.05, 0) is 46.6 Å². The summed E-state index contributed by atoms with van der Waals surface area (Å²) in [4.78, 5) is 0. The van der Waals surface area contributed by atoms with E-state index in [9.17, 15) is 22.7 Å². The second-order valence-corrected chi connectivity index (χ2v) is 5.14. The SMILES string of the molecule is Cc1ccc(F)c(C(O)c2cc(F)c(Br)cc2F)c1F. The van der Waals surface area contributed by atoms with Gasteiger partial charge in [-0.2, -0.15) is 0 Å². The van der Waals surface area contributed by atoms with Crippen LogP contribution in [0.1, 0.15) is 22.8 Å². The molecule has 0 aliphatic heterocycles. The molecule has 0 saturated carbocycles. The van der Waals surface area contributed by atoms with Crippen LogP contribution in [0.3, 0.4) is 0 Å². The average molecular weight is 349 g/mol. The first-order chi connectivity index (χ1) is 9.32. The van der Waals surface area contributed by atoms with E-state index >= 15 is 0 Å². The van der Waals surface area contributed by atoms with Gasteiger partial charge in [0.15, 0.2) is 0 Å². The summed E-state index contributed by atoms with van der Waals surface area (Å²) in [6.07, 6.45) is -1.93. The molecule has 0 aromatic heterocycles. The van der Waals surface area contributed by atoms with Crippen molar-refractivity contribution in [3.8, 4) is 0 Å². The van der Waals surface area contributed by atoms with Crippen LogP contribution in [0.15, 0.2) is 28.7 Å². The van der Waals surface area contributed by atoms with Gasteiger partial charge in [-0.3, -0.25) is 0 Å². The summed E-state index contributed by atoms with van der Waals surface area (Å²) in [6, 6.07) is 3.65. The minimum Gasteiger partial charge on any atom is -0.383 e. The predicted octanol–water partition coefficient (Wildman–Crippen LogP) is 4.40. The molecule has 0 spiro atoms. The fourth-order valence-electron chi connectivity index (χ4n) is 1.83. The van der Waals surface area contributed by atoms with Crippen molar-refractivity contribution >= 4 is 15.9 Å². The largest absolute Gasteiger partial charge is 0.383 e. The van der Waals surface area contributed by atoms with Crippen LogP contribution >= 0.6 is 15.9 Å². The van der Waals surface area contributed by atoms with Gasteiger partial charge in [-0.25, -0.2) is 17.6 Å². The van der Waals surface area contributed by atoms with E-state index in [2.05, 4.69) is 15.9 Å². The van der Waals surface area contributed by atoms with Gasteiger partial charge in [-0.1, -0.05) is 6.07 Å². The summed E-state index contributed by atoms with van der Waals surface area (Å²) in [5, 5.41) is 9.97. The van der Waals surface area contributed by atoms with E-state index < -0.39 is 40.5 Å². The number of aryl methyl sites for hydroxylation is 1. The van der Waals surface area contributed by atoms with Gasteiger partial charge < -0.3 is 5.11 Å². The van der Waals surface area contributed by atoms with Crippen LogP contribution in [-0.4, -0.2) is 5.11 Å². The number of benzene rings is 2. The Balaban J connectivity index is 2.60. The molecule has 0 saturated heterocycles. The van der Waals surface area contributed by atoms with Gasteiger partial charge >= 0.3 is 0 Å². The molecule has 1 nitrogen and oxygen atoms in total. The molecule has 20 heavy (non-hydrogen) atoms. The quantitative estimate of drug-likeness (QED) is 0.630. The Bertz CT molecular complexity index is 673. The molecule has 1 atom stereocenters. The van der Waals surface area contributed by atoms with E-state index in [4.69, 9.17) is 0 Å². The number of hydrogen-bond donors (Lipinski definition) is 1. The lowest BCUT2D eigenvalue weighted by molar-refractivity contribution is 0.203. The molecule has 0 bridgehead atoms. The zero-order valence-electron chi connectivity index (χ0n) is 10.2. The minimum absolute atomic E-state index is 0.0958. The first kappa shape index (κ1) is 15.0. The Labute approximate surface area is 121 Å². The van der Waals surface area contributed by atoms with Gasteiger partial charge in [0.1, 0.15) is 29.4 Å². The van der Waals surface area contributed by atoms with E-state index in [0.29, 0.717) is 6.07 Å². The Morgan fingerprint density at radius 1 is 1.00 bits per heavy atom. The molecule has 0 fully saturated rings. The fourth-order valence-corrected chi connectivity index (χ4v) is 2.15. The first-order valence-corrected chi connectivity index (χ1v) is 6.39. The number of hydrogen-bond acceptors (Lipinski definition) is 1. The molecule has 0 amide bonds. The molecule has 0 aliphatic carbocycles. The van der Waals surface area contributed by atoms with E-state index in [1.54, 1.807) is 0 Å². The molecule has 6 heteroatoms. The summed E-state index contributed by atoms with van der Waals surface area (Å²) in [7, 11) is 0. The maximum Gasteiger partial charge on any atom is 0.137 e. The number of aliphatic hydroxyl groups is 1. The van der Waals surface area contributed by atoms with Crippen LogP contribution in [0.2, 0.25) is 0 Å². The summed E-state index contributed by atoms with van der Waals surface area (Å²) in [5.41, 5.74) is -1.14. The average Bonchev–Trinajstić information content (AvgIpc) is 2.38. The van der Waals surface area contributed by atoms with Gasteiger partial charge in [0, 0.05) is 5.56 Å². The van der Waals surface area contributed by atoms with E-state index in [1.165, 1.54) is 13.0 Å². The highest BCUT2D eigenvalue weighted by molar-refractivity contribution is 9.10. The molecular formula is C14H9BrF4O. The van der Waals surface area contributed by atoms with Crippen LogP contribution in [0, 0.1) is 30.2 Å². The van der Waals surface area contributed by atoms with Gasteiger partial charge in [-0.15, -0.1) is 0 Å².